The molecule has 0 saturated carbocycles. The van der Waals surface area contributed by atoms with Gasteiger partial charge in [-0.2, -0.15) is 4.98 Å². The monoisotopic (exact) mass is 334 g/mol. The molecular formula is C18H30N4O2. The van der Waals surface area contributed by atoms with Crippen molar-refractivity contribution in [2.24, 2.45) is 0 Å². The molecular weight excluding hydrogens is 304 g/mol. The van der Waals surface area contributed by atoms with E-state index in [2.05, 4.69) is 33.9 Å². The summed E-state index contributed by atoms with van der Waals surface area (Å²) in [5, 5.41) is 3.97. The van der Waals surface area contributed by atoms with Crippen LogP contribution in [-0.4, -0.2) is 58.1 Å². The van der Waals surface area contributed by atoms with E-state index in [9.17, 15) is 4.79 Å². The van der Waals surface area contributed by atoms with Crippen LogP contribution in [0.1, 0.15) is 63.6 Å². The molecule has 1 aromatic heterocycles. The highest BCUT2D eigenvalue weighted by Crippen LogP contribution is 2.29. The maximum atomic E-state index is 12.7. The maximum absolute atomic E-state index is 12.7. The van der Waals surface area contributed by atoms with E-state index >= 15 is 0 Å². The molecule has 0 N–H and O–H groups in total. The fraction of sp³-hybridized carbons (Fsp3) is 0.833. The van der Waals surface area contributed by atoms with Gasteiger partial charge >= 0.3 is 0 Å². The maximum Gasteiger partial charge on any atom is 0.226 e. The molecule has 0 aliphatic carbocycles. The predicted molar refractivity (Wildman–Crippen MR) is 91.6 cm³/mol. The molecule has 0 spiro atoms. The first-order chi connectivity index (χ1) is 11.7. The van der Waals surface area contributed by atoms with Gasteiger partial charge in [0.1, 0.15) is 0 Å². The van der Waals surface area contributed by atoms with E-state index in [1.165, 1.54) is 19.4 Å². The molecule has 2 fully saturated rings. The van der Waals surface area contributed by atoms with Gasteiger partial charge < -0.3 is 14.3 Å². The lowest BCUT2D eigenvalue weighted by Crippen LogP contribution is -2.47. The third-order valence-electron chi connectivity index (χ3n) is 5.41. The fourth-order valence-electron chi connectivity index (χ4n) is 4.18. The smallest absolute Gasteiger partial charge is 0.226 e. The Morgan fingerprint density at radius 2 is 2.00 bits per heavy atom. The quantitative estimate of drug-likeness (QED) is 0.766. The number of hydrogen-bond donors (Lipinski definition) is 0. The van der Waals surface area contributed by atoms with Gasteiger partial charge in [0.2, 0.25) is 11.8 Å². The average molecular weight is 334 g/mol. The summed E-state index contributed by atoms with van der Waals surface area (Å²) in [6.07, 6.45) is 8.73. The van der Waals surface area contributed by atoms with Crippen molar-refractivity contribution < 1.29 is 9.32 Å². The van der Waals surface area contributed by atoms with Crippen molar-refractivity contribution >= 4 is 5.91 Å². The lowest BCUT2D eigenvalue weighted by molar-refractivity contribution is -0.133. The van der Waals surface area contributed by atoms with Gasteiger partial charge in [0, 0.05) is 37.9 Å². The molecule has 3 heterocycles. The Morgan fingerprint density at radius 3 is 2.75 bits per heavy atom. The zero-order valence-corrected chi connectivity index (χ0v) is 15.0. The molecule has 1 aromatic rings. The van der Waals surface area contributed by atoms with Crippen LogP contribution in [0.5, 0.6) is 0 Å². The minimum absolute atomic E-state index is 0.297. The molecule has 0 bridgehead atoms. The summed E-state index contributed by atoms with van der Waals surface area (Å²) < 4.78 is 5.25. The van der Waals surface area contributed by atoms with Crippen molar-refractivity contribution in [1.29, 1.82) is 0 Å². The summed E-state index contributed by atoms with van der Waals surface area (Å²) >= 11 is 0. The van der Waals surface area contributed by atoms with Crippen molar-refractivity contribution in [2.45, 2.75) is 76.8 Å². The van der Waals surface area contributed by atoms with Crippen molar-refractivity contribution in [3.63, 3.8) is 0 Å². The van der Waals surface area contributed by atoms with Crippen LogP contribution in [0, 0.1) is 0 Å². The molecule has 24 heavy (non-hydrogen) atoms. The highest BCUT2D eigenvalue weighted by Gasteiger charge is 2.37. The number of likely N-dealkylation sites (N-methyl/N-ethyl adjacent to an activating group) is 1. The second-order valence-corrected chi connectivity index (χ2v) is 7.19. The molecule has 1 amide bonds. The van der Waals surface area contributed by atoms with Crippen LogP contribution in [0.15, 0.2) is 4.52 Å². The van der Waals surface area contributed by atoms with Crippen molar-refractivity contribution in [3.8, 4) is 0 Å². The number of amides is 1. The lowest BCUT2D eigenvalue weighted by Gasteiger charge is -2.33. The number of hydrogen-bond acceptors (Lipinski definition) is 5. The minimum Gasteiger partial charge on any atom is -0.339 e. The van der Waals surface area contributed by atoms with E-state index in [-0.39, 0.29) is 0 Å². The molecule has 2 saturated heterocycles. The Labute approximate surface area is 144 Å². The van der Waals surface area contributed by atoms with Gasteiger partial charge in [0.15, 0.2) is 5.82 Å². The summed E-state index contributed by atoms with van der Waals surface area (Å²) in [6.45, 7) is 4.19. The number of rotatable bonds is 7. The van der Waals surface area contributed by atoms with Crippen LogP contribution >= 0.6 is 0 Å². The molecule has 3 rings (SSSR count). The van der Waals surface area contributed by atoms with Gasteiger partial charge in [0.05, 0.1) is 0 Å². The first-order valence-electron chi connectivity index (χ1n) is 9.50. The number of aryl methyl sites for hydroxylation is 2. The normalized spacial score (nSPS) is 24.8. The molecule has 2 aliphatic rings. The zero-order chi connectivity index (χ0) is 16.9. The molecule has 6 heteroatoms. The van der Waals surface area contributed by atoms with Crippen molar-refractivity contribution in [1.82, 2.24) is 19.9 Å². The van der Waals surface area contributed by atoms with Gasteiger partial charge in [-0.3, -0.25) is 4.79 Å². The van der Waals surface area contributed by atoms with Crippen LogP contribution < -0.4 is 0 Å². The first kappa shape index (κ1) is 17.4. The number of carbonyl (C=O) groups excluding carboxylic acids is 1. The minimum atomic E-state index is 0.297. The topological polar surface area (TPSA) is 62.5 Å². The Kier molecular flexibility index (Phi) is 5.87. The Morgan fingerprint density at radius 1 is 1.21 bits per heavy atom. The summed E-state index contributed by atoms with van der Waals surface area (Å²) in [5.74, 6) is 1.74. The predicted octanol–water partition coefficient (Wildman–Crippen LogP) is 2.43. The standard InChI is InChI=1S/C18H30N4O2/c1-3-7-16-19-17(24-20-16)10-4-11-18(23)22-13-6-9-15(22)14-8-5-12-21(14)2/h14-15H,3-13H2,1-2H3/t14-,15+/m1/s1. The summed E-state index contributed by atoms with van der Waals surface area (Å²) in [4.78, 5) is 21.6. The van der Waals surface area contributed by atoms with E-state index in [4.69, 9.17) is 4.52 Å². The van der Waals surface area contributed by atoms with Crippen molar-refractivity contribution in [2.75, 3.05) is 20.1 Å². The Balaban J connectivity index is 1.47. The number of likely N-dealkylation sites (tertiary alicyclic amines) is 2. The van der Waals surface area contributed by atoms with Crippen LogP contribution in [0.2, 0.25) is 0 Å². The number of aromatic nitrogens is 2. The number of carbonyl (C=O) groups is 1. The second-order valence-electron chi connectivity index (χ2n) is 7.19. The van der Waals surface area contributed by atoms with Gasteiger partial charge in [-0.05, 0) is 52.1 Å². The SMILES string of the molecule is CCCc1noc(CCCC(=O)N2CCC[C@H]2[C@H]2CCCN2C)n1. The first-order valence-corrected chi connectivity index (χ1v) is 9.50. The van der Waals surface area contributed by atoms with E-state index in [1.807, 2.05) is 0 Å². The van der Waals surface area contributed by atoms with Crippen LogP contribution in [0.4, 0.5) is 0 Å². The third-order valence-corrected chi connectivity index (χ3v) is 5.41. The lowest BCUT2D eigenvalue weighted by atomic mass is 10.0. The summed E-state index contributed by atoms with van der Waals surface area (Å²) in [5.41, 5.74) is 0. The highest BCUT2D eigenvalue weighted by molar-refractivity contribution is 5.76. The molecule has 0 aromatic carbocycles. The van der Waals surface area contributed by atoms with Gasteiger partial charge in [0.25, 0.3) is 0 Å². The molecule has 0 unspecified atom stereocenters. The summed E-state index contributed by atoms with van der Waals surface area (Å²) in [6, 6.07) is 0.980. The van der Waals surface area contributed by atoms with Crippen molar-refractivity contribution in [3.05, 3.63) is 11.7 Å². The second kappa shape index (κ2) is 8.10. The largest absolute Gasteiger partial charge is 0.339 e. The van der Waals surface area contributed by atoms with E-state index in [0.29, 0.717) is 36.7 Å². The average Bonchev–Trinajstić information content (AvgIpc) is 3.28. The van der Waals surface area contributed by atoms with E-state index in [1.54, 1.807) is 0 Å². The van der Waals surface area contributed by atoms with Crippen LogP contribution in [0.3, 0.4) is 0 Å². The van der Waals surface area contributed by atoms with Crippen LogP contribution in [0.25, 0.3) is 0 Å². The molecule has 0 radical (unpaired) electrons. The van der Waals surface area contributed by atoms with Gasteiger partial charge in [-0.25, -0.2) is 0 Å². The molecule has 6 nitrogen and oxygen atoms in total. The van der Waals surface area contributed by atoms with E-state index < -0.39 is 0 Å². The van der Waals surface area contributed by atoms with Crippen LogP contribution in [-0.2, 0) is 17.6 Å². The molecule has 2 atom stereocenters. The Bertz CT molecular complexity index is 545. The molecule has 134 valence electrons. The summed E-state index contributed by atoms with van der Waals surface area (Å²) in [7, 11) is 2.20. The van der Waals surface area contributed by atoms with Gasteiger partial charge in [-0.1, -0.05) is 12.1 Å². The molecule has 2 aliphatic heterocycles. The Hall–Kier alpha value is -1.43. The zero-order valence-electron chi connectivity index (χ0n) is 15.0. The fourth-order valence-corrected chi connectivity index (χ4v) is 4.18. The highest BCUT2D eigenvalue weighted by atomic mass is 16.5. The van der Waals surface area contributed by atoms with E-state index in [0.717, 1.165) is 44.5 Å². The number of nitrogens with zero attached hydrogens (tertiary/aromatic N) is 4. The van der Waals surface area contributed by atoms with Gasteiger partial charge in [-0.15, -0.1) is 0 Å². The third kappa shape index (κ3) is 3.97.